The minimum Gasteiger partial charge on any atom is -0.396 e. The third-order valence-electron chi connectivity index (χ3n) is 4.54. The van der Waals surface area contributed by atoms with E-state index < -0.39 is 0 Å². The van der Waals surface area contributed by atoms with Crippen molar-refractivity contribution in [3.05, 3.63) is 29.3 Å². The van der Waals surface area contributed by atoms with Gasteiger partial charge in [0.05, 0.1) is 13.2 Å². The van der Waals surface area contributed by atoms with Crippen molar-refractivity contribution >= 4 is 11.6 Å². The SMILES string of the molecule is NC(=NCC1(CO)CC1)Nc1cccc2c1CCCC2. The number of nitrogens with one attached hydrogen (secondary N) is 1. The summed E-state index contributed by atoms with van der Waals surface area (Å²) in [7, 11) is 0. The molecule has 2 aliphatic carbocycles. The first kappa shape index (κ1) is 13.4. The van der Waals surface area contributed by atoms with Crippen molar-refractivity contribution in [2.24, 2.45) is 16.1 Å². The molecular weight excluding hydrogens is 250 g/mol. The number of nitrogens with zero attached hydrogens (tertiary/aromatic N) is 1. The topological polar surface area (TPSA) is 70.6 Å². The predicted molar refractivity (Wildman–Crippen MR) is 81.9 cm³/mol. The van der Waals surface area contributed by atoms with E-state index >= 15 is 0 Å². The Morgan fingerprint density at radius 2 is 2.10 bits per heavy atom. The minimum atomic E-state index is 0.0163. The summed E-state index contributed by atoms with van der Waals surface area (Å²) in [5.74, 6) is 0.462. The molecule has 108 valence electrons. The van der Waals surface area contributed by atoms with E-state index in [0.29, 0.717) is 12.5 Å². The zero-order valence-electron chi connectivity index (χ0n) is 11.9. The van der Waals surface area contributed by atoms with Crippen LogP contribution in [-0.4, -0.2) is 24.2 Å². The number of aliphatic hydroxyl groups is 1. The number of anilines is 1. The van der Waals surface area contributed by atoms with Crippen molar-refractivity contribution in [1.29, 1.82) is 0 Å². The molecule has 0 atom stereocenters. The highest BCUT2D eigenvalue weighted by Crippen LogP contribution is 2.45. The minimum absolute atomic E-state index is 0.0163. The van der Waals surface area contributed by atoms with Gasteiger partial charge in [-0.25, -0.2) is 0 Å². The van der Waals surface area contributed by atoms with Crippen LogP contribution in [0.25, 0.3) is 0 Å². The lowest BCUT2D eigenvalue weighted by molar-refractivity contribution is 0.217. The number of hydrogen-bond donors (Lipinski definition) is 3. The van der Waals surface area contributed by atoms with Crippen molar-refractivity contribution in [2.45, 2.75) is 38.5 Å². The molecule has 0 bridgehead atoms. The number of guanidine groups is 1. The van der Waals surface area contributed by atoms with Crippen LogP contribution < -0.4 is 11.1 Å². The number of hydrogen-bond acceptors (Lipinski definition) is 2. The Bertz CT molecular complexity index is 520. The van der Waals surface area contributed by atoms with Crippen molar-refractivity contribution in [2.75, 3.05) is 18.5 Å². The molecule has 0 spiro atoms. The van der Waals surface area contributed by atoms with Gasteiger partial charge in [0.25, 0.3) is 0 Å². The molecule has 0 amide bonds. The van der Waals surface area contributed by atoms with Gasteiger partial charge in [-0.1, -0.05) is 12.1 Å². The fourth-order valence-electron chi connectivity index (χ4n) is 2.87. The van der Waals surface area contributed by atoms with Crippen molar-refractivity contribution in [3.8, 4) is 0 Å². The van der Waals surface area contributed by atoms with Crippen molar-refractivity contribution < 1.29 is 5.11 Å². The maximum Gasteiger partial charge on any atom is 0.193 e. The van der Waals surface area contributed by atoms with Crippen LogP contribution in [0.1, 0.15) is 36.8 Å². The van der Waals surface area contributed by atoms with Crippen LogP contribution >= 0.6 is 0 Å². The van der Waals surface area contributed by atoms with E-state index in [0.717, 1.165) is 31.4 Å². The second-order valence-electron chi connectivity index (χ2n) is 6.13. The first-order chi connectivity index (χ1) is 9.72. The summed E-state index contributed by atoms with van der Waals surface area (Å²) in [6.07, 6.45) is 6.92. The fraction of sp³-hybridized carbons (Fsp3) is 0.562. The highest BCUT2D eigenvalue weighted by molar-refractivity contribution is 5.93. The Balaban J connectivity index is 1.69. The van der Waals surface area contributed by atoms with Gasteiger partial charge < -0.3 is 16.2 Å². The molecular formula is C16H23N3O. The Labute approximate surface area is 120 Å². The number of benzene rings is 1. The smallest absolute Gasteiger partial charge is 0.193 e. The lowest BCUT2D eigenvalue weighted by Crippen LogP contribution is -2.26. The first-order valence-electron chi connectivity index (χ1n) is 7.51. The summed E-state index contributed by atoms with van der Waals surface area (Å²) < 4.78 is 0. The number of fused-ring (bicyclic) bond motifs is 1. The molecule has 1 fully saturated rings. The van der Waals surface area contributed by atoms with Crippen LogP contribution in [-0.2, 0) is 12.8 Å². The van der Waals surface area contributed by atoms with Crippen LogP contribution in [0.2, 0.25) is 0 Å². The molecule has 0 heterocycles. The lowest BCUT2D eigenvalue weighted by Gasteiger charge is -2.20. The number of nitrogens with two attached hydrogens (primary N) is 1. The molecule has 4 N–H and O–H groups in total. The molecule has 3 rings (SSSR count). The molecule has 1 saturated carbocycles. The van der Waals surface area contributed by atoms with E-state index in [9.17, 15) is 5.11 Å². The first-order valence-corrected chi connectivity index (χ1v) is 7.51. The highest BCUT2D eigenvalue weighted by Gasteiger charge is 2.41. The van der Waals surface area contributed by atoms with E-state index in [1.54, 1.807) is 0 Å². The standard InChI is InChI=1S/C16H23N3O/c17-15(18-10-16(11-20)8-9-16)19-14-7-3-5-12-4-1-2-6-13(12)14/h3,5,7,20H,1-2,4,6,8-11H2,(H3,17,18,19). The average Bonchev–Trinajstić information content (AvgIpc) is 3.26. The number of rotatable bonds is 4. The summed E-state index contributed by atoms with van der Waals surface area (Å²) in [6.45, 7) is 0.835. The molecule has 0 radical (unpaired) electrons. The largest absolute Gasteiger partial charge is 0.396 e. The number of aliphatic hydroxyl groups excluding tert-OH is 1. The van der Waals surface area contributed by atoms with Crippen LogP contribution in [0, 0.1) is 5.41 Å². The molecule has 0 aliphatic heterocycles. The van der Waals surface area contributed by atoms with Gasteiger partial charge in [0.15, 0.2) is 5.96 Å². The van der Waals surface area contributed by atoms with Crippen LogP contribution in [0.15, 0.2) is 23.2 Å². The second-order valence-corrected chi connectivity index (χ2v) is 6.13. The molecule has 1 aromatic rings. The molecule has 0 unspecified atom stereocenters. The van der Waals surface area contributed by atoms with E-state index in [-0.39, 0.29) is 12.0 Å². The van der Waals surface area contributed by atoms with E-state index in [4.69, 9.17) is 5.73 Å². The molecule has 1 aromatic carbocycles. The second kappa shape index (κ2) is 5.44. The van der Waals surface area contributed by atoms with E-state index in [2.05, 4.69) is 28.5 Å². The molecule has 2 aliphatic rings. The molecule has 0 aromatic heterocycles. The van der Waals surface area contributed by atoms with E-state index in [1.165, 1.54) is 24.0 Å². The van der Waals surface area contributed by atoms with Gasteiger partial charge in [-0.2, -0.15) is 0 Å². The molecule has 20 heavy (non-hydrogen) atoms. The zero-order valence-corrected chi connectivity index (χ0v) is 11.9. The normalized spacial score (nSPS) is 20.4. The van der Waals surface area contributed by atoms with Gasteiger partial charge in [0.1, 0.15) is 0 Å². The van der Waals surface area contributed by atoms with Gasteiger partial charge >= 0.3 is 0 Å². The third-order valence-corrected chi connectivity index (χ3v) is 4.54. The Hall–Kier alpha value is -1.55. The maximum atomic E-state index is 9.29. The van der Waals surface area contributed by atoms with Crippen LogP contribution in [0.3, 0.4) is 0 Å². The zero-order chi connectivity index (χ0) is 14.0. The summed E-state index contributed by atoms with van der Waals surface area (Å²) in [5.41, 5.74) is 9.92. The highest BCUT2D eigenvalue weighted by atomic mass is 16.3. The summed E-state index contributed by atoms with van der Waals surface area (Å²) in [5, 5.41) is 12.5. The maximum absolute atomic E-state index is 9.29. The fourth-order valence-corrected chi connectivity index (χ4v) is 2.87. The van der Waals surface area contributed by atoms with Gasteiger partial charge in [-0.3, -0.25) is 4.99 Å². The van der Waals surface area contributed by atoms with Crippen LogP contribution in [0.5, 0.6) is 0 Å². The van der Waals surface area contributed by atoms with Gasteiger partial charge in [-0.05, 0) is 55.7 Å². The van der Waals surface area contributed by atoms with Crippen LogP contribution in [0.4, 0.5) is 5.69 Å². The van der Waals surface area contributed by atoms with Gasteiger partial charge in [-0.15, -0.1) is 0 Å². The van der Waals surface area contributed by atoms with Gasteiger partial charge in [0, 0.05) is 11.1 Å². The lowest BCUT2D eigenvalue weighted by atomic mass is 9.90. The molecule has 0 saturated heterocycles. The van der Waals surface area contributed by atoms with Crippen molar-refractivity contribution in [3.63, 3.8) is 0 Å². The Morgan fingerprint density at radius 3 is 2.85 bits per heavy atom. The van der Waals surface area contributed by atoms with Crippen molar-refractivity contribution in [1.82, 2.24) is 0 Å². The summed E-state index contributed by atoms with van der Waals surface area (Å²) in [6, 6.07) is 6.36. The monoisotopic (exact) mass is 273 g/mol. The average molecular weight is 273 g/mol. The predicted octanol–water partition coefficient (Wildman–Crippen LogP) is 2.06. The quantitative estimate of drug-likeness (QED) is 0.581. The number of aryl methyl sites for hydroxylation is 1. The van der Waals surface area contributed by atoms with E-state index in [1.807, 2.05) is 0 Å². The Morgan fingerprint density at radius 1 is 1.30 bits per heavy atom. The summed E-state index contributed by atoms with van der Waals surface area (Å²) in [4.78, 5) is 4.40. The number of aliphatic imine (C=N–C) groups is 1. The van der Waals surface area contributed by atoms with Gasteiger partial charge in [0.2, 0.25) is 0 Å². The molecule has 4 heteroatoms. The summed E-state index contributed by atoms with van der Waals surface area (Å²) >= 11 is 0. The third kappa shape index (κ3) is 2.80. The molecule has 4 nitrogen and oxygen atoms in total. The Kier molecular flexibility index (Phi) is 3.66.